The molecule has 0 radical (unpaired) electrons. The number of nitrogens with one attached hydrogen (secondary N) is 2. The molecule has 4 aromatic carbocycles. The lowest BCUT2D eigenvalue weighted by Gasteiger charge is -2.34. The van der Waals surface area contributed by atoms with Gasteiger partial charge in [-0.2, -0.15) is 0 Å². The van der Waals surface area contributed by atoms with Crippen LogP contribution in [0.4, 0.5) is 21.5 Å². The van der Waals surface area contributed by atoms with Crippen LogP contribution in [0.2, 0.25) is 0 Å². The number of aliphatic hydroxyl groups is 2. The smallest absolute Gasteiger partial charge is 0.410 e. The zero-order valence-corrected chi connectivity index (χ0v) is 53.2. The zero-order chi connectivity index (χ0) is 63.1. The van der Waals surface area contributed by atoms with Gasteiger partial charge < -0.3 is 49.6 Å². The van der Waals surface area contributed by atoms with Crippen LogP contribution in [0.15, 0.2) is 122 Å². The van der Waals surface area contributed by atoms with Gasteiger partial charge in [-0.05, 0) is 201 Å². The predicted octanol–water partition coefficient (Wildman–Crippen LogP) is 14.6. The third kappa shape index (κ3) is 15.6. The van der Waals surface area contributed by atoms with Crippen molar-refractivity contribution in [2.75, 3.05) is 36.8 Å². The zero-order valence-electron chi connectivity index (χ0n) is 53.2. The normalized spacial score (nSPS) is 20.3. The van der Waals surface area contributed by atoms with E-state index >= 15 is 0 Å². The molecule has 4 N–H and O–H groups in total. The van der Waals surface area contributed by atoms with Crippen LogP contribution >= 0.6 is 0 Å². The Morgan fingerprint density at radius 3 is 1.33 bits per heavy atom. The standard InChI is InChI=1S/2C36H43N5O4/c2*1-23-15-16-27-24(21-25-10-6-14-31(25)42)9-5-12-28(27)32(23)44-33-29(13-7-18-37-33)30-17-19-38-34(40-30)39-26-11-8-20-41(22-26)35(43)45-36(2,3)4/h2*5,7,9,12-13,15-19,25-26,31,42H,6,8,10-11,14,20-22H2,1-4H3,(H,38,39,40)/t25-,26+,31+;25-,26-,31+/m10/s1. The van der Waals surface area contributed by atoms with Crippen molar-refractivity contribution in [1.29, 1.82) is 0 Å². The molecule has 2 aliphatic heterocycles. The molecule has 4 aromatic heterocycles. The SMILES string of the molecule is Cc1ccc2c(C[C@@H]3CCC[C@H]3O)cccc2c1Oc1ncccc1-c1ccnc(N[C@H]2CCCN(C(=O)OC(C)(C)C)C2)n1.Cc1ccc2c(C[C@H]3CCC[C@@H]3O)cccc2c1Oc1ncccc1-c1ccnc(N[C@H]2CCCN(C(=O)OC(C)(C)C)C2)n1. The minimum Gasteiger partial charge on any atom is -0.444 e. The first kappa shape index (κ1) is 63.1. The number of hydrogen-bond acceptors (Lipinski definition) is 16. The van der Waals surface area contributed by atoms with E-state index in [1.54, 1.807) is 34.6 Å². The van der Waals surface area contributed by atoms with Crippen molar-refractivity contribution in [3.05, 3.63) is 144 Å². The molecule has 6 heterocycles. The second-order valence-electron chi connectivity index (χ2n) is 26.6. The number of anilines is 2. The van der Waals surface area contributed by atoms with Crippen molar-refractivity contribution in [3.8, 4) is 45.8 Å². The molecule has 2 saturated carbocycles. The summed E-state index contributed by atoms with van der Waals surface area (Å²) >= 11 is 0. The average molecular weight is 1220 g/mol. The summed E-state index contributed by atoms with van der Waals surface area (Å²) in [6.07, 6.45) is 17.1. The highest BCUT2D eigenvalue weighted by Gasteiger charge is 2.32. The van der Waals surface area contributed by atoms with Crippen LogP contribution in [0.3, 0.4) is 0 Å². The van der Waals surface area contributed by atoms with Crippen molar-refractivity contribution in [2.24, 2.45) is 11.8 Å². The van der Waals surface area contributed by atoms with Gasteiger partial charge in [-0.3, -0.25) is 0 Å². The van der Waals surface area contributed by atoms with E-state index in [0.29, 0.717) is 73.1 Å². The number of aryl methyl sites for hydroxylation is 2. The van der Waals surface area contributed by atoms with Crippen molar-refractivity contribution in [2.45, 2.75) is 168 Å². The van der Waals surface area contributed by atoms with Gasteiger partial charge >= 0.3 is 12.2 Å². The molecule has 2 saturated heterocycles. The van der Waals surface area contributed by atoms with Gasteiger partial charge in [0.05, 0.1) is 34.7 Å². The highest BCUT2D eigenvalue weighted by atomic mass is 16.6. The Labute approximate surface area is 528 Å². The molecule has 18 nitrogen and oxygen atoms in total. The number of piperidine rings is 2. The number of aromatic nitrogens is 6. The van der Waals surface area contributed by atoms with Crippen LogP contribution in [0.25, 0.3) is 44.1 Å². The van der Waals surface area contributed by atoms with Crippen LogP contribution in [0, 0.1) is 25.7 Å². The second kappa shape index (κ2) is 27.7. The Kier molecular flexibility index (Phi) is 19.4. The summed E-state index contributed by atoms with van der Waals surface area (Å²) in [6.45, 7) is 17.7. The molecule has 2 amide bonds. The fourth-order valence-corrected chi connectivity index (χ4v) is 12.9. The van der Waals surface area contributed by atoms with Crippen LogP contribution in [0.1, 0.15) is 128 Å². The largest absolute Gasteiger partial charge is 0.444 e. The maximum Gasteiger partial charge on any atom is 0.410 e. The van der Waals surface area contributed by atoms with E-state index < -0.39 is 11.2 Å². The molecule has 472 valence electrons. The first-order valence-electron chi connectivity index (χ1n) is 32.1. The van der Waals surface area contributed by atoms with E-state index in [4.69, 9.17) is 28.9 Å². The first-order valence-corrected chi connectivity index (χ1v) is 32.1. The number of pyridine rings is 2. The number of carbonyl (C=O) groups is 2. The van der Waals surface area contributed by atoms with Crippen LogP contribution < -0.4 is 20.1 Å². The van der Waals surface area contributed by atoms with Gasteiger partial charge in [-0.25, -0.2) is 39.5 Å². The molecule has 0 spiro atoms. The van der Waals surface area contributed by atoms with Gasteiger partial charge in [0.25, 0.3) is 0 Å². The van der Waals surface area contributed by atoms with E-state index in [1.807, 2.05) is 91.8 Å². The highest BCUT2D eigenvalue weighted by Crippen LogP contribution is 2.42. The number of aliphatic hydroxyl groups excluding tert-OH is 2. The number of likely N-dealkylation sites (tertiary alicyclic amines) is 2. The van der Waals surface area contributed by atoms with Gasteiger partial charge in [0, 0.05) is 73.8 Å². The molecular weight excluding hydrogens is 1130 g/mol. The average Bonchev–Trinajstić information content (AvgIpc) is 1.12. The van der Waals surface area contributed by atoms with E-state index in [1.165, 1.54) is 11.1 Å². The van der Waals surface area contributed by atoms with Crippen molar-refractivity contribution in [3.63, 3.8) is 0 Å². The minimum absolute atomic E-state index is 0.00371. The molecular formula is C72H86N10O8. The third-order valence-electron chi connectivity index (χ3n) is 17.4. The third-order valence-corrected chi connectivity index (χ3v) is 17.4. The highest BCUT2D eigenvalue weighted by molar-refractivity contribution is 5.93. The molecule has 8 aromatic rings. The molecule has 4 fully saturated rings. The van der Waals surface area contributed by atoms with Gasteiger partial charge in [0.15, 0.2) is 0 Å². The van der Waals surface area contributed by atoms with E-state index in [2.05, 4.69) is 91.2 Å². The summed E-state index contributed by atoms with van der Waals surface area (Å²) in [5.41, 5.74) is 6.27. The molecule has 6 atom stereocenters. The number of amides is 2. The van der Waals surface area contributed by atoms with Crippen molar-refractivity contribution >= 4 is 45.6 Å². The molecule has 4 aliphatic rings. The summed E-state index contributed by atoms with van der Waals surface area (Å²) in [6, 6.07) is 32.5. The van der Waals surface area contributed by atoms with Crippen LogP contribution in [0.5, 0.6) is 23.3 Å². The Bertz CT molecular complexity index is 3580. The lowest BCUT2D eigenvalue weighted by Crippen LogP contribution is -2.47. The van der Waals surface area contributed by atoms with Gasteiger partial charge in [0.2, 0.25) is 23.7 Å². The Morgan fingerprint density at radius 2 is 0.933 bits per heavy atom. The van der Waals surface area contributed by atoms with E-state index in [0.717, 1.165) is 132 Å². The number of ether oxygens (including phenoxy) is 4. The molecule has 2 aliphatic carbocycles. The second-order valence-corrected chi connectivity index (χ2v) is 26.6. The van der Waals surface area contributed by atoms with Crippen molar-refractivity contribution in [1.82, 2.24) is 39.7 Å². The Morgan fingerprint density at radius 1 is 0.500 bits per heavy atom. The summed E-state index contributed by atoms with van der Waals surface area (Å²) in [4.78, 5) is 56.7. The number of hydrogen-bond donors (Lipinski definition) is 4. The summed E-state index contributed by atoms with van der Waals surface area (Å²) < 4.78 is 24.4. The first-order chi connectivity index (χ1) is 43.3. The van der Waals surface area contributed by atoms with Gasteiger partial charge in [0.1, 0.15) is 22.7 Å². The van der Waals surface area contributed by atoms with Crippen molar-refractivity contribution < 1.29 is 38.7 Å². The fourth-order valence-electron chi connectivity index (χ4n) is 12.9. The quantitative estimate of drug-likeness (QED) is 0.0795. The monoisotopic (exact) mass is 1220 g/mol. The number of fused-ring (bicyclic) bond motifs is 2. The molecule has 0 bridgehead atoms. The number of carbonyl (C=O) groups excluding carboxylic acids is 2. The molecule has 18 heteroatoms. The minimum atomic E-state index is -0.537. The van der Waals surface area contributed by atoms with E-state index in [-0.39, 0.29) is 36.5 Å². The Balaban J connectivity index is 0.000000185. The molecule has 90 heavy (non-hydrogen) atoms. The topological polar surface area (TPSA) is 219 Å². The molecule has 0 unspecified atom stereocenters. The number of benzene rings is 4. The van der Waals surface area contributed by atoms with Crippen LogP contribution in [-0.4, -0.2) is 124 Å². The maximum absolute atomic E-state index is 12.7. The number of nitrogens with zero attached hydrogens (tertiary/aromatic N) is 8. The van der Waals surface area contributed by atoms with Gasteiger partial charge in [-0.1, -0.05) is 73.5 Å². The Hall–Kier alpha value is -8.48. The molecule has 12 rings (SSSR count). The summed E-state index contributed by atoms with van der Waals surface area (Å²) in [7, 11) is 0. The number of rotatable bonds is 14. The lowest BCUT2D eigenvalue weighted by atomic mass is 9.92. The van der Waals surface area contributed by atoms with Gasteiger partial charge in [-0.15, -0.1) is 0 Å². The lowest BCUT2D eigenvalue weighted by molar-refractivity contribution is 0.0196. The summed E-state index contributed by atoms with van der Waals surface area (Å²) in [5.74, 6) is 4.00. The van der Waals surface area contributed by atoms with Crippen LogP contribution in [-0.2, 0) is 22.3 Å². The predicted molar refractivity (Wildman–Crippen MR) is 351 cm³/mol. The maximum atomic E-state index is 12.7. The summed E-state index contributed by atoms with van der Waals surface area (Å²) in [5, 5.41) is 32.1. The fraction of sp³-hybridized carbons (Fsp3) is 0.444. The van der Waals surface area contributed by atoms with E-state index in [9.17, 15) is 19.8 Å².